The van der Waals surface area contributed by atoms with Crippen LogP contribution in [-0.4, -0.2) is 20.0 Å². The lowest BCUT2D eigenvalue weighted by Gasteiger charge is -2.14. The predicted octanol–water partition coefficient (Wildman–Crippen LogP) is 5.37. The minimum Gasteiger partial charge on any atom is -0.316 e. The Morgan fingerprint density at radius 3 is 2.52 bits per heavy atom. The molecule has 1 N–H and O–H groups in total. The Morgan fingerprint density at radius 2 is 1.82 bits per heavy atom. The zero-order chi connectivity index (χ0) is 23.3. The summed E-state index contributed by atoms with van der Waals surface area (Å²) in [7, 11) is 0. The van der Waals surface area contributed by atoms with Crippen LogP contribution >= 0.6 is 11.3 Å². The van der Waals surface area contributed by atoms with Gasteiger partial charge in [-0.05, 0) is 30.3 Å². The number of alkyl halides is 3. The zero-order valence-corrected chi connectivity index (χ0v) is 17.9. The number of carbonyl (C=O) groups is 1. The Bertz CT molecular complexity index is 1580. The number of nitrogens with zero attached hydrogens (tertiary/aromatic N) is 3. The van der Waals surface area contributed by atoms with Gasteiger partial charge in [-0.25, -0.2) is 4.98 Å². The van der Waals surface area contributed by atoms with E-state index in [1.165, 1.54) is 6.92 Å². The van der Waals surface area contributed by atoms with Crippen LogP contribution in [0.2, 0.25) is 0 Å². The molecule has 6 nitrogen and oxygen atoms in total. The third kappa shape index (κ3) is 3.58. The van der Waals surface area contributed by atoms with E-state index in [1.807, 2.05) is 47.2 Å². The number of amides is 1. The predicted molar refractivity (Wildman–Crippen MR) is 121 cm³/mol. The van der Waals surface area contributed by atoms with E-state index >= 15 is 0 Å². The van der Waals surface area contributed by atoms with E-state index in [0.717, 1.165) is 32.4 Å². The first kappa shape index (κ1) is 21.0. The number of benzene rings is 2. The maximum Gasteiger partial charge on any atom is 0.419 e. The first-order valence-electron chi connectivity index (χ1n) is 9.80. The third-order valence-corrected chi connectivity index (χ3v) is 6.02. The van der Waals surface area contributed by atoms with Gasteiger partial charge < -0.3 is 9.88 Å². The van der Waals surface area contributed by atoms with Crippen molar-refractivity contribution >= 4 is 44.3 Å². The summed E-state index contributed by atoms with van der Waals surface area (Å²) >= 11 is 0.758. The molecule has 0 radical (unpaired) electrons. The topological polar surface area (TPSA) is 68.9 Å². The van der Waals surface area contributed by atoms with Gasteiger partial charge in [0.25, 0.3) is 5.56 Å². The highest BCUT2D eigenvalue weighted by Crippen LogP contribution is 2.38. The van der Waals surface area contributed by atoms with Crippen LogP contribution in [-0.2, 0) is 11.0 Å². The summed E-state index contributed by atoms with van der Waals surface area (Å²) in [4.78, 5) is 28.8. The molecular formula is C23H15F3N4O2S. The molecule has 0 saturated heterocycles. The van der Waals surface area contributed by atoms with Crippen LogP contribution in [0.25, 0.3) is 32.6 Å². The summed E-state index contributed by atoms with van der Waals surface area (Å²) in [5, 5.41) is 4.11. The third-order valence-electron chi connectivity index (χ3n) is 5.16. The summed E-state index contributed by atoms with van der Waals surface area (Å²) in [5.41, 5.74) is -0.350. The average Bonchev–Trinajstić information content (AvgIpc) is 3.38. The molecule has 5 rings (SSSR count). The summed E-state index contributed by atoms with van der Waals surface area (Å²) in [6, 6.07) is 16.3. The molecule has 1 amide bonds. The molecular weight excluding hydrogens is 453 g/mol. The SMILES string of the molecule is CC(=O)Nc1nc2scc(C(F)(F)F)c2n(-c2ccc3ccn(-c4ccccc4)c3c2)c1=O. The Morgan fingerprint density at radius 1 is 1.06 bits per heavy atom. The monoisotopic (exact) mass is 468 g/mol. The fourth-order valence-electron chi connectivity index (χ4n) is 3.76. The van der Waals surface area contributed by atoms with Crippen molar-refractivity contribution < 1.29 is 18.0 Å². The smallest absolute Gasteiger partial charge is 0.316 e. The molecule has 0 saturated carbocycles. The molecule has 2 aromatic carbocycles. The summed E-state index contributed by atoms with van der Waals surface area (Å²) in [6.07, 6.45) is -2.83. The Hall–Kier alpha value is -3.92. The van der Waals surface area contributed by atoms with Gasteiger partial charge in [0.05, 0.1) is 22.3 Å². The first-order chi connectivity index (χ1) is 15.7. The average molecular weight is 468 g/mol. The van der Waals surface area contributed by atoms with Crippen molar-refractivity contribution in [1.29, 1.82) is 0 Å². The van der Waals surface area contributed by atoms with Crippen molar-refractivity contribution in [3.63, 3.8) is 0 Å². The summed E-state index contributed by atoms with van der Waals surface area (Å²) < 4.78 is 44.2. The normalized spacial score (nSPS) is 11.9. The molecule has 10 heteroatoms. The number of aromatic nitrogens is 3. The van der Waals surface area contributed by atoms with E-state index in [-0.39, 0.29) is 21.9 Å². The largest absolute Gasteiger partial charge is 0.419 e. The number of anilines is 1. The van der Waals surface area contributed by atoms with Crippen LogP contribution in [0.15, 0.2) is 71.0 Å². The lowest BCUT2D eigenvalue weighted by atomic mass is 10.2. The van der Waals surface area contributed by atoms with Crippen LogP contribution < -0.4 is 10.9 Å². The van der Waals surface area contributed by atoms with E-state index in [0.29, 0.717) is 5.52 Å². The molecule has 33 heavy (non-hydrogen) atoms. The summed E-state index contributed by atoms with van der Waals surface area (Å²) in [5.74, 6) is -0.879. The van der Waals surface area contributed by atoms with Crippen LogP contribution in [0.1, 0.15) is 12.5 Å². The standard InChI is InChI=1S/C23H15F3N4O2S/c1-13(31)27-20-22(32)30(19-17(23(24,25)26)12-33-21(19)28-20)16-8-7-14-9-10-29(18(14)11-16)15-5-3-2-4-6-15/h2-12H,1H3,(H,27,28,31). The maximum atomic E-state index is 13.8. The highest BCUT2D eigenvalue weighted by atomic mass is 32.1. The Labute approximate surface area is 188 Å². The van der Waals surface area contributed by atoms with Gasteiger partial charge in [-0.2, -0.15) is 13.2 Å². The molecule has 5 aromatic rings. The van der Waals surface area contributed by atoms with Gasteiger partial charge in [-0.1, -0.05) is 24.3 Å². The molecule has 3 aromatic heterocycles. The molecule has 0 atom stereocenters. The highest BCUT2D eigenvalue weighted by Gasteiger charge is 2.36. The number of thiophene rings is 1. The number of carbonyl (C=O) groups excluding carboxylic acids is 1. The highest BCUT2D eigenvalue weighted by molar-refractivity contribution is 7.16. The number of nitrogens with one attached hydrogen (secondary N) is 1. The van der Waals surface area contributed by atoms with Crippen LogP contribution in [0, 0.1) is 0 Å². The molecule has 3 heterocycles. The van der Waals surface area contributed by atoms with E-state index < -0.39 is 23.2 Å². The second-order valence-corrected chi connectivity index (χ2v) is 8.21. The molecule has 0 aliphatic carbocycles. The van der Waals surface area contributed by atoms with E-state index in [1.54, 1.807) is 18.2 Å². The number of halogens is 3. The minimum atomic E-state index is -4.68. The number of fused-ring (bicyclic) bond motifs is 2. The van der Waals surface area contributed by atoms with Crippen LogP contribution in [0.4, 0.5) is 19.0 Å². The molecule has 0 bridgehead atoms. The molecule has 166 valence electrons. The van der Waals surface area contributed by atoms with Gasteiger partial charge in [0.1, 0.15) is 4.83 Å². The zero-order valence-electron chi connectivity index (χ0n) is 17.1. The van der Waals surface area contributed by atoms with Crippen molar-refractivity contribution in [1.82, 2.24) is 14.1 Å². The lowest BCUT2D eigenvalue weighted by molar-refractivity contribution is -0.136. The fraction of sp³-hybridized carbons (Fsp3) is 0.0870. The van der Waals surface area contributed by atoms with Crippen LogP contribution in [0.5, 0.6) is 0 Å². The van der Waals surface area contributed by atoms with E-state index in [9.17, 15) is 22.8 Å². The van der Waals surface area contributed by atoms with Gasteiger partial charge >= 0.3 is 6.18 Å². The van der Waals surface area contributed by atoms with E-state index in [4.69, 9.17) is 0 Å². The molecule has 0 unspecified atom stereocenters. The van der Waals surface area contributed by atoms with Crippen molar-refractivity contribution in [2.75, 3.05) is 5.32 Å². The minimum absolute atomic E-state index is 0.00999. The molecule has 0 spiro atoms. The number of hydrogen-bond acceptors (Lipinski definition) is 4. The number of hydrogen-bond donors (Lipinski definition) is 1. The second kappa shape index (κ2) is 7.59. The summed E-state index contributed by atoms with van der Waals surface area (Å²) in [6.45, 7) is 1.20. The molecule has 0 aliphatic heterocycles. The van der Waals surface area contributed by atoms with Crippen LogP contribution in [0.3, 0.4) is 0 Å². The fourth-order valence-corrected chi connectivity index (χ4v) is 4.69. The Balaban J connectivity index is 1.83. The van der Waals surface area contributed by atoms with Crippen molar-refractivity contribution in [2.45, 2.75) is 13.1 Å². The van der Waals surface area contributed by atoms with Crippen molar-refractivity contribution in [2.24, 2.45) is 0 Å². The lowest BCUT2D eigenvalue weighted by Crippen LogP contribution is -2.26. The van der Waals surface area contributed by atoms with Crippen molar-refractivity contribution in [3.05, 3.63) is 82.1 Å². The maximum absolute atomic E-state index is 13.8. The van der Waals surface area contributed by atoms with Gasteiger partial charge in [0.2, 0.25) is 11.7 Å². The van der Waals surface area contributed by atoms with Crippen molar-refractivity contribution in [3.8, 4) is 11.4 Å². The van der Waals surface area contributed by atoms with Gasteiger partial charge in [-0.15, -0.1) is 11.3 Å². The quantitative estimate of drug-likeness (QED) is 0.387. The first-order valence-corrected chi connectivity index (χ1v) is 10.7. The Kier molecular flexibility index (Phi) is 4.82. The molecule has 0 fully saturated rings. The van der Waals surface area contributed by atoms with Gasteiger partial charge in [0, 0.05) is 29.6 Å². The molecule has 0 aliphatic rings. The van der Waals surface area contributed by atoms with Gasteiger partial charge in [0.15, 0.2) is 0 Å². The number of para-hydroxylation sites is 1. The van der Waals surface area contributed by atoms with E-state index in [2.05, 4.69) is 10.3 Å². The number of rotatable bonds is 3. The van der Waals surface area contributed by atoms with Gasteiger partial charge in [-0.3, -0.25) is 14.2 Å². The second-order valence-electron chi connectivity index (χ2n) is 7.35.